The summed E-state index contributed by atoms with van der Waals surface area (Å²) in [6, 6.07) is 13.3. The SMILES string of the molecule is Fc1cccc(C[C](=[Zr+2])Cc2cccc(F)c2)c1. The molecular formula is C15H12F2Zr+2. The summed E-state index contributed by atoms with van der Waals surface area (Å²) in [7, 11) is 0. The van der Waals surface area contributed by atoms with Crippen LogP contribution in [0.15, 0.2) is 48.5 Å². The third-order valence-electron chi connectivity index (χ3n) is 2.61. The summed E-state index contributed by atoms with van der Waals surface area (Å²) >= 11 is 1.31. The van der Waals surface area contributed by atoms with E-state index in [0.29, 0.717) is 0 Å². The Morgan fingerprint density at radius 2 is 1.28 bits per heavy atom. The predicted molar refractivity (Wildman–Crippen MR) is 65.2 cm³/mol. The topological polar surface area (TPSA) is 0 Å². The van der Waals surface area contributed by atoms with Gasteiger partial charge in [0.25, 0.3) is 0 Å². The summed E-state index contributed by atoms with van der Waals surface area (Å²) < 4.78 is 27.4. The van der Waals surface area contributed by atoms with Gasteiger partial charge in [-0.1, -0.05) is 0 Å². The third-order valence-corrected chi connectivity index (χ3v) is 3.48. The van der Waals surface area contributed by atoms with Crippen LogP contribution >= 0.6 is 0 Å². The normalized spacial score (nSPS) is 10.4. The molecule has 2 rings (SSSR count). The van der Waals surface area contributed by atoms with E-state index in [1.54, 1.807) is 24.3 Å². The number of hydrogen-bond donors (Lipinski definition) is 0. The molecule has 0 amide bonds. The molecule has 0 aliphatic heterocycles. The van der Waals surface area contributed by atoms with Crippen molar-refractivity contribution in [1.29, 1.82) is 0 Å². The molecule has 0 aromatic heterocycles. The molecular weight excluding hydrogens is 309 g/mol. The number of hydrogen-bond acceptors (Lipinski definition) is 0. The minimum atomic E-state index is -0.207. The van der Waals surface area contributed by atoms with Crippen molar-refractivity contribution >= 4 is 3.21 Å². The molecule has 0 spiro atoms. The van der Waals surface area contributed by atoms with Crippen molar-refractivity contribution < 1.29 is 33.0 Å². The molecule has 0 aliphatic carbocycles. The molecule has 88 valence electrons. The Morgan fingerprint density at radius 1 is 0.833 bits per heavy atom. The van der Waals surface area contributed by atoms with E-state index in [1.165, 1.54) is 39.6 Å². The standard InChI is InChI=1S/C15H12F2.Zr/c16-14-8-2-6-12(10-14)4-1-5-13-7-3-9-15(17)11-13;/h2-3,6-11H,4-5H2;/q;+2. The van der Waals surface area contributed by atoms with Crippen molar-refractivity contribution in [2.24, 2.45) is 0 Å². The summed E-state index contributed by atoms with van der Waals surface area (Å²) in [6.07, 6.45) is 1.51. The second-order valence-corrected chi connectivity index (χ2v) is 5.96. The van der Waals surface area contributed by atoms with E-state index in [9.17, 15) is 8.78 Å². The van der Waals surface area contributed by atoms with Crippen LogP contribution in [0.3, 0.4) is 0 Å². The molecule has 0 aliphatic rings. The van der Waals surface area contributed by atoms with Gasteiger partial charge in [-0.25, -0.2) is 0 Å². The molecule has 0 saturated carbocycles. The predicted octanol–water partition coefficient (Wildman–Crippen LogP) is 3.47. The molecule has 18 heavy (non-hydrogen) atoms. The van der Waals surface area contributed by atoms with Crippen LogP contribution in [0.5, 0.6) is 0 Å². The van der Waals surface area contributed by atoms with Gasteiger partial charge in [0.2, 0.25) is 0 Å². The van der Waals surface area contributed by atoms with Gasteiger partial charge < -0.3 is 0 Å². The van der Waals surface area contributed by atoms with Gasteiger partial charge in [0.1, 0.15) is 0 Å². The van der Waals surface area contributed by atoms with Crippen LogP contribution in [0, 0.1) is 11.6 Å². The van der Waals surface area contributed by atoms with E-state index in [2.05, 4.69) is 0 Å². The fourth-order valence-corrected chi connectivity index (χ4v) is 2.85. The van der Waals surface area contributed by atoms with E-state index in [0.717, 1.165) is 24.0 Å². The van der Waals surface area contributed by atoms with Crippen LogP contribution in [0.2, 0.25) is 0 Å². The second kappa shape index (κ2) is 6.29. The Hall–Kier alpha value is -0.947. The Bertz CT molecular complexity index is 514. The van der Waals surface area contributed by atoms with Crippen LogP contribution in [-0.4, -0.2) is 3.21 Å². The van der Waals surface area contributed by atoms with Gasteiger partial charge in [-0.2, -0.15) is 0 Å². The maximum atomic E-state index is 13.0. The van der Waals surface area contributed by atoms with Crippen LogP contribution in [-0.2, 0) is 37.1 Å². The summed E-state index contributed by atoms with van der Waals surface area (Å²) in [6.45, 7) is 0. The summed E-state index contributed by atoms with van der Waals surface area (Å²) in [5.74, 6) is -0.413. The Kier molecular flexibility index (Phi) is 4.71. The maximum absolute atomic E-state index is 13.0. The van der Waals surface area contributed by atoms with Crippen LogP contribution in [0.4, 0.5) is 8.78 Å². The fraction of sp³-hybridized carbons (Fsp3) is 0.133. The Morgan fingerprint density at radius 3 is 1.67 bits per heavy atom. The first-order valence-corrected chi connectivity index (χ1v) is 6.91. The molecule has 0 atom stereocenters. The molecule has 0 radical (unpaired) electrons. The first-order chi connectivity index (χ1) is 8.63. The van der Waals surface area contributed by atoms with E-state index in [-0.39, 0.29) is 11.6 Å². The zero-order chi connectivity index (χ0) is 13.0. The molecule has 0 nitrogen and oxygen atoms in total. The van der Waals surface area contributed by atoms with Crippen molar-refractivity contribution in [1.82, 2.24) is 0 Å². The van der Waals surface area contributed by atoms with Crippen molar-refractivity contribution in [2.45, 2.75) is 12.8 Å². The Labute approximate surface area is 120 Å². The number of halogens is 2. The summed E-state index contributed by atoms with van der Waals surface area (Å²) in [4.78, 5) is 0. The summed E-state index contributed by atoms with van der Waals surface area (Å²) in [5.41, 5.74) is 1.94. The molecule has 3 heteroatoms. The van der Waals surface area contributed by atoms with Gasteiger partial charge in [-0.05, 0) is 0 Å². The van der Waals surface area contributed by atoms with Gasteiger partial charge >= 0.3 is 120 Å². The Balaban J connectivity index is 2.01. The van der Waals surface area contributed by atoms with Crippen LogP contribution < -0.4 is 0 Å². The first-order valence-electron chi connectivity index (χ1n) is 5.68. The quantitative estimate of drug-likeness (QED) is 0.809. The van der Waals surface area contributed by atoms with Crippen molar-refractivity contribution in [3.05, 3.63) is 71.3 Å². The monoisotopic (exact) mass is 320 g/mol. The molecule has 0 N–H and O–H groups in total. The van der Waals surface area contributed by atoms with Crippen molar-refractivity contribution in [3.63, 3.8) is 0 Å². The van der Waals surface area contributed by atoms with E-state index in [4.69, 9.17) is 0 Å². The molecule has 0 fully saturated rings. The molecule has 2 aromatic carbocycles. The van der Waals surface area contributed by atoms with Gasteiger partial charge in [-0.3, -0.25) is 0 Å². The fourth-order valence-electron chi connectivity index (χ4n) is 1.85. The van der Waals surface area contributed by atoms with Gasteiger partial charge in [0.15, 0.2) is 0 Å². The zero-order valence-electron chi connectivity index (χ0n) is 9.79. The van der Waals surface area contributed by atoms with Crippen molar-refractivity contribution in [3.8, 4) is 0 Å². The first kappa shape index (κ1) is 13.5. The van der Waals surface area contributed by atoms with Crippen LogP contribution in [0.25, 0.3) is 0 Å². The molecule has 0 saturated heterocycles. The van der Waals surface area contributed by atoms with Gasteiger partial charge in [-0.15, -0.1) is 0 Å². The van der Waals surface area contributed by atoms with Gasteiger partial charge in [0.05, 0.1) is 0 Å². The van der Waals surface area contributed by atoms with E-state index < -0.39 is 0 Å². The average Bonchev–Trinajstić information content (AvgIpc) is 2.28. The molecule has 0 unspecified atom stereocenters. The van der Waals surface area contributed by atoms with E-state index >= 15 is 0 Å². The third kappa shape index (κ3) is 4.06. The molecule has 0 heterocycles. The molecule has 0 bridgehead atoms. The number of rotatable bonds is 4. The zero-order valence-corrected chi connectivity index (χ0v) is 12.2. The second-order valence-electron chi connectivity index (χ2n) is 4.22. The van der Waals surface area contributed by atoms with Gasteiger partial charge in [0, 0.05) is 0 Å². The number of benzene rings is 2. The average molecular weight is 321 g/mol. The summed E-state index contributed by atoms with van der Waals surface area (Å²) in [5, 5.41) is 0. The molecule has 2 aromatic rings. The van der Waals surface area contributed by atoms with Crippen LogP contribution in [0.1, 0.15) is 11.1 Å². The van der Waals surface area contributed by atoms with E-state index in [1.807, 2.05) is 12.1 Å². The van der Waals surface area contributed by atoms with Crippen molar-refractivity contribution in [2.75, 3.05) is 0 Å². The minimum absolute atomic E-state index is 0.207.